The molecular weight excluding hydrogens is 224 g/mol. The zero-order valence-electron chi connectivity index (χ0n) is 9.08. The van der Waals surface area contributed by atoms with Gasteiger partial charge in [-0.3, -0.25) is 4.40 Å². The van der Waals surface area contributed by atoms with Gasteiger partial charge in [0, 0.05) is 0 Å². The summed E-state index contributed by atoms with van der Waals surface area (Å²) in [6.07, 6.45) is 2.13. The van der Waals surface area contributed by atoms with Crippen molar-refractivity contribution < 1.29 is 19.4 Å². The Balaban J connectivity index is 2.69. The third kappa shape index (κ3) is 1.84. The van der Waals surface area contributed by atoms with Crippen molar-refractivity contribution in [3.05, 3.63) is 29.8 Å². The quantitative estimate of drug-likeness (QED) is 0.620. The van der Waals surface area contributed by atoms with Crippen LogP contribution in [0.5, 0.6) is 5.75 Å². The summed E-state index contributed by atoms with van der Waals surface area (Å²) in [5.41, 5.74) is 0.621. The van der Waals surface area contributed by atoms with Gasteiger partial charge in [-0.15, -0.1) is 0 Å². The third-order valence-corrected chi connectivity index (χ3v) is 2.34. The maximum absolute atomic E-state index is 11.5. The molecule has 0 saturated heterocycles. The number of carbonyl (C=O) groups excluding carboxylic acids is 2. The predicted molar refractivity (Wildman–Crippen MR) is 58.0 cm³/mol. The van der Waals surface area contributed by atoms with Crippen LogP contribution in [-0.4, -0.2) is 33.9 Å². The van der Waals surface area contributed by atoms with Gasteiger partial charge in [0.05, 0.1) is 25.2 Å². The average molecular weight is 234 g/mol. The Morgan fingerprint density at radius 3 is 3.00 bits per heavy atom. The van der Waals surface area contributed by atoms with E-state index in [0.717, 1.165) is 0 Å². The van der Waals surface area contributed by atoms with E-state index in [-0.39, 0.29) is 17.9 Å². The van der Waals surface area contributed by atoms with Crippen LogP contribution in [0.15, 0.2) is 18.3 Å². The number of pyridine rings is 1. The van der Waals surface area contributed by atoms with Gasteiger partial charge >= 0.3 is 5.97 Å². The zero-order valence-corrected chi connectivity index (χ0v) is 9.08. The molecule has 88 valence electrons. The minimum atomic E-state index is -0.578. The van der Waals surface area contributed by atoms with Crippen molar-refractivity contribution in [3.63, 3.8) is 0 Å². The Kier molecular flexibility index (Phi) is 2.78. The van der Waals surface area contributed by atoms with Crippen molar-refractivity contribution in [1.29, 1.82) is 0 Å². The van der Waals surface area contributed by atoms with Crippen molar-refractivity contribution in [1.82, 2.24) is 9.38 Å². The molecule has 0 radical (unpaired) electrons. The molecular formula is C11H10N2O4. The molecule has 1 N–H and O–H groups in total. The van der Waals surface area contributed by atoms with E-state index in [9.17, 15) is 14.7 Å². The summed E-state index contributed by atoms with van der Waals surface area (Å²) in [6.45, 7) is 0. The van der Waals surface area contributed by atoms with Gasteiger partial charge in [-0.25, -0.2) is 9.78 Å². The number of ether oxygens (including phenoxy) is 1. The Morgan fingerprint density at radius 1 is 1.59 bits per heavy atom. The molecule has 0 aromatic carbocycles. The van der Waals surface area contributed by atoms with E-state index in [1.807, 2.05) is 0 Å². The van der Waals surface area contributed by atoms with Crippen molar-refractivity contribution >= 4 is 17.8 Å². The van der Waals surface area contributed by atoms with E-state index in [0.29, 0.717) is 17.6 Å². The number of fused-ring (bicyclic) bond motifs is 1. The number of hydrogen-bond donors (Lipinski definition) is 1. The minimum absolute atomic E-state index is 0.0264. The van der Waals surface area contributed by atoms with Gasteiger partial charge < -0.3 is 14.6 Å². The SMILES string of the molecule is COC(=O)c1nc(CC=O)n2cc(O)ccc12. The van der Waals surface area contributed by atoms with Crippen molar-refractivity contribution in [2.24, 2.45) is 0 Å². The molecule has 2 aromatic rings. The third-order valence-electron chi connectivity index (χ3n) is 2.34. The van der Waals surface area contributed by atoms with E-state index >= 15 is 0 Å². The molecule has 0 aliphatic rings. The maximum Gasteiger partial charge on any atom is 0.358 e. The van der Waals surface area contributed by atoms with Crippen LogP contribution >= 0.6 is 0 Å². The smallest absolute Gasteiger partial charge is 0.358 e. The van der Waals surface area contributed by atoms with Crippen LogP contribution in [0.1, 0.15) is 16.3 Å². The Morgan fingerprint density at radius 2 is 2.35 bits per heavy atom. The van der Waals surface area contributed by atoms with Gasteiger partial charge in [0.1, 0.15) is 17.9 Å². The molecule has 2 heterocycles. The van der Waals surface area contributed by atoms with Gasteiger partial charge in [0.2, 0.25) is 0 Å². The molecule has 0 atom stereocenters. The molecule has 2 rings (SSSR count). The number of esters is 1. The van der Waals surface area contributed by atoms with Gasteiger partial charge in [0.25, 0.3) is 0 Å². The number of rotatable bonds is 3. The first-order valence-electron chi connectivity index (χ1n) is 4.89. The maximum atomic E-state index is 11.5. The average Bonchev–Trinajstić information content (AvgIpc) is 2.67. The van der Waals surface area contributed by atoms with E-state index in [1.165, 1.54) is 23.8 Å². The molecule has 0 bridgehead atoms. The molecule has 6 nitrogen and oxygen atoms in total. The number of imidazole rings is 1. The number of hydrogen-bond acceptors (Lipinski definition) is 5. The molecule has 0 unspecified atom stereocenters. The summed E-state index contributed by atoms with van der Waals surface area (Å²) in [7, 11) is 1.26. The Hall–Kier alpha value is -2.37. The fraction of sp³-hybridized carbons (Fsp3) is 0.182. The topological polar surface area (TPSA) is 80.9 Å². The van der Waals surface area contributed by atoms with Gasteiger partial charge in [-0.2, -0.15) is 0 Å². The summed E-state index contributed by atoms with van der Waals surface area (Å²) in [4.78, 5) is 26.0. The monoisotopic (exact) mass is 234 g/mol. The molecule has 6 heteroatoms. The van der Waals surface area contributed by atoms with Gasteiger partial charge in [-0.1, -0.05) is 0 Å². The Bertz CT molecular complexity index is 588. The molecule has 0 fully saturated rings. The van der Waals surface area contributed by atoms with E-state index in [4.69, 9.17) is 0 Å². The first kappa shape index (κ1) is 11.1. The highest BCUT2D eigenvalue weighted by Crippen LogP contribution is 2.18. The molecule has 0 amide bonds. The fourth-order valence-corrected chi connectivity index (χ4v) is 1.60. The summed E-state index contributed by atoms with van der Waals surface area (Å²) in [5, 5.41) is 9.37. The van der Waals surface area contributed by atoms with Crippen LogP contribution in [0, 0.1) is 0 Å². The highest BCUT2D eigenvalue weighted by atomic mass is 16.5. The molecule has 0 saturated carbocycles. The van der Waals surface area contributed by atoms with Crippen LogP contribution in [0.25, 0.3) is 5.52 Å². The number of methoxy groups -OCH3 is 1. The lowest BCUT2D eigenvalue weighted by Crippen LogP contribution is -2.02. The summed E-state index contributed by atoms with van der Waals surface area (Å²) in [5.74, 6) is -0.171. The predicted octanol–water partition coefficient (Wildman–Crippen LogP) is 0.568. The lowest BCUT2D eigenvalue weighted by atomic mass is 10.3. The van der Waals surface area contributed by atoms with Crippen molar-refractivity contribution in [2.75, 3.05) is 7.11 Å². The summed E-state index contributed by atoms with van der Waals surface area (Å²) >= 11 is 0. The number of carbonyl (C=O) groups is 2. The van der Waals surface area contributed by atoms with Gasteiger partial charge in [-0.05, 0) is 12.1 Å². The highest BCUT2D eigenvalue weighted by molar-refractivity contribution is 5.95. The van der Waals surface area contributed by atoms with Crippen LogP contribution in [-0.2, 0) is 16.0 Å². The summed E-state index contributed by atoms with van der Waals surface area (Å²) < 4.78 is 6.10. The van der Waals surface area contributed by atoms with Crippen molar-refractivity contribution in [2.45, 2.75) is 6.42 Å². The van der Waals surface area contributed by atoms with Crippen LogP contribution in [0.2, 0.25) is 0 Å². The number of aromatic nitrogens is 2. The normalized spacial score (nSPS) is 10.4. The molecule has 2 aromatic heterocycles. The number of aldehydes is 1. The Labute approximate surface area is 96.5 Å². The standard InChI is InChI=1S/C11H10N2O4/c1-17-11(16)10-8-3-2-7(15)6-13(8)9(12-10)4-5-14/h2-3,5-6,15H,4H2,1H3. The van der Waals surface area contributed by atoms with Crippen molar-refractivity contribution in [3.8, 4) is 5.75 Å². The molecule has 17 heavy (non-hydrogen) atoms. The molecule has 0 spiro atoms. The van der Waals surface area contributed by atoms with Gasteiger partial charge in [0.15, 0.2) is 5.69 Å². The van der Waals surface area contributed by atoms with E-state index in [1.54, 1.807) is 6.07 Å². The van der Waals surface area contributed by atoms with Crippen LogP contribution in [0.4, 0.5) is 0 Å². The first-order valence-corrected chi connectivity index (χ1v) is 4.89. The van der Waals surface area contributed by atoms with Crippen LogP contribution < -0.4 is 0 Å². The zero-order chi connectivity index (χ0) is 12.4. The first-order chi connectivity index (χ1) is 8.17. The molecule has 0 aliphatic heterocycles. The number of aromatic hydroxyl groups is 1. The highest BCUT2D eigenvalue weighted by Gasteiger charge is 2.17. The lowest BCUT2D eigenvalue weighted by Gasteiger charge is -1.98. The van der Waals surface area contributed by atoms with Crippen LogP contribution in [0.3, 0.4) is 0 Å². The second-order valence-corrected chi connectivity index (χ2v) is 3.38. The fourth-order valence-electron chi connectivity index (χ4n) is 1.60. The minimum Gasteiger partial charge on any atom is -0.506 e. The number of nitrogens with zero attached hydrogens (tertiary/aromatic N) is 2. The van der Waals surface area contributed by atoms with E-state index in [2.05, 4.69) is 9.72 Å². The second-order valence-electron chi connectivity index (χ2n) is 3.38. The second kappa shape index (κ2) is 4.25. The molecule has 0 aliphatic carbocycles. The largest absolute Gasteiger partial charge is 0.506 e. The lowest BCUT2D eigenvalue weighted by molar-refractivity contribution is -0.107. The van der Waals surface area contributed by atoms with E-state index < -0.39 is 5.97 Å². The summed E-state index contributed by atoms with van der Waals surface area (Å²) in [6, 6.07) is 2.98.